The van der Waals surface area contributed by atoms with E-state index in [-0.39, 0.29) is 32.2 Å². The third kappa shape index (κ3) is 35.9. The molecule has 0 heterocycles. The second kappa shape index (κ2) is 35.5. The number of ether oxygens (including phenoxy) is 4. The third-order valence-corrected chi connectivity index (χ3v) is 8.66. The minimum atomic E-state index is -1.51. The maximum absolute atomic E-state index is 12.7. The van der Waals surface area contributed by atoms with Crippen molar-refractivity contribution in [2.45, 2.75) is 174 Å². The van der Waals surface area contributed by atoms with Gasteiger partial charge in [0.1, 0.15) is 13.2 Å². The average Bonchev–Trinajstić information content (AvgIpc) is 3.09. The Bertz CT molecular complexity index is 955. The molecule has 0 aromatic heterocycles. The molecule has 0 rings (SSSR count). The average molecular weight is 737 g/mol. The third-order valence-electron chi connectivity index (χ3n) is 8.66. The van der Waals surface area contributed by atoms with Crippen LogP contribution in [0.15, 0.2) is 36.5 Å². The SMILES string of the molecule is CC/C=C\C/C=C\C/C=C\CCCCCCCC(=O)OC(COC(=O)CCCCCCCCCCCCCC)COC(OCC[N+](C)(C)C)C(=O)O. The minimum absolute atomic E-state index is 0.184. The Labute approximate surface area is 318 Å². The fraction of sp³-hybridized carbons (Fsp3) is 0.791. The van der Waals surface area contributed by atoms with E-state index in [9.17, 15) is 19.5 Å². The van der Waals surface area contributed by atoms with Gasteiger partial charge in [-0.3, -0.25) is 9.59 Å². The number of carboxylic acid groups (broad SMARTS) is 1. The van der Waals surface area contributed by atoms with Gasteiger partial charge in [0.15, 0.2) is 6.10 Å². The van der Waals surface area contributed by atoms with E-state index in [4.69, 9.17) is 18.9 Å². The van der Waals surface area contributed by atoms with E-state index >= 15 is 0 Å². The first-order valence-corrected chi connectivity index (χ1v) is 20.7. The molecule has 2 unspecified atom stereocenters. The van der Waals surface area contributed by atoms with Crippen LogP contribution in [-0.4, -0.2) is 87.4 Å². The van der Waals surface area contributed by atoms with E-state index < -0.39 is 24.3 Å². The zero-order valence-electron chi connectivity index (χ0n) is 34.0. The summed E-state index contributed by atoms with van der Waals surface area (Å²) in [7, 11) is 5.94. The van der Waals surface area contributed by atoms with Crippen molar-refractivity contribution in [3.63, 3.8) is 0 Å². The molecule has 0 fully saturated rings. The molecule has 0 saturated carbocycles. The Morgan fingerprint density at radius 3 is 1.63 bits per heavy atom. The Morgan fingerprint density at radius 1 is 0.596 bits per heavy atom. The van der Waals surface area contributed by atoms with Gasteiger partial charge in [0, 0.05) is 12.8 Å². The van der Waals surface area contributed by atoms with Crippen molar-refractivity contribution in [2.24, 2.45) is 0 Å². The number of unbranched alkanes of at least 4 members (excludes halogenated alkanes) is 16. The first-order chi connectivity index (χ1) is 25.1. The van der Waals surface area contributed by atoms with Gasteiger partial charge in [0.2, 0.25) is 0 Å². The zero-order chi connectivity index (χ0) is 38.5. The van der Waals surface area contributed by atoms with Crippen LogP contribution < -0.4 is 0 Å². The highest BCUT2D eigenvalue weighted by atomic mass is 16.7. The van der Waals surface area contributed by atoms with Gasteiger partial charge in [-0.05, 0) is 44.9 Å². The number of aliphatic carboxylic acids is 1. The number of rotatable bonds is 37. The van der Waals surface area contributed by atoms with E-state index in [1.54, 1.807) is 0 Å². The first-order valence-electron chi connectivity index (χ1n) is 20.7. The highest BCUT2D eigenvalue weighted by Gasteiger charge is 2.25. The van der Waals surface area contributed by atoms with Crippen molar-refractivity contribution < 1.29 is 42.9 Å². The van der Waals surface area contributed by atoms with Crippen LogP contribution in [-0.2, 0) is 33.3 Å². The molecule has 0 amide bonds. The molecule has 2 atom stereocenters. The highest BCUT2D eigenvalue weighted by molar-refractivity contribution is 5.71. The van der Waals surface area contributed by atoms with Gasteiger partial charge >= 0.3 is 17.9 Å². The lowest BCUT2D eigenvalue weighted by atomic mass is 10.0. The van der Waals surface area contributed by atoms with E-state index in [0.29, 0.717) is 23.9 Å². The molecule has 9 nitrogen and oxygen atoms in total. The van der Waals surface area contributed by atoms with Crippen LogP contribution in [0.3, 0.4) is 0 Å². The number of hydrogen-bond donors (Lipinski definition) is 1. The minimum Gasteiger partial charge on any atom is -0.477 e. The fourth-order valence-electron chi connectivity index (χ4n) is 5.44. The molecule has 52 heavy (non-hydrogen) atoms. The summed E-state index contributed by atoms with van der Waals surface area (Å²) in [5, 5.41) is 9.60. The lowest BCUT2D eigenvalue weighted by molar-refractivity contribution is -0.870. The van der Waals surface area contributed by atoms with Crippen LogP contribution in [0.1, 0.15) is 162 Å². The normalized spacial score (nSPS) is 13.3. The van der Waals surface area contributed by atoms with Crippen LogP contribution in [0.2, 0.25) is 0 Å². The van der Waals surface area contributed by atoms with E-state index in [1.165, 1.54) is 57.8 Å². The second-order valence-electron chi connectivity index (χ2n) is 14.9. The number of nitrogens with zero attached hydrogens (tertiary/aromatic N) is 1. The van der Waals surface area contributed by atoms with E-state index in [1.807, 2.05) is 21.1 Å². The number of likely N-dealkylation sites (N-methyl/N-ethyl adjacent to an activating group) is 1. The van der Waals surface area contributed by atoms with Crippen LogP contribution in [0.4, 0.5) is 0 Å². The van der Waals surface area contributed by atoms with Gasteiger partial charge in [0.05, 0.1) is 34.4 Å². The topological polar surface area (TPSA) is 108 Å². The van der Waals surface area contributed by atoms with Crippen LogP contribution >= 0.6 is 0 Å². The van der Waals surface area contributed by atoms with Gasteiger partial charge < -0.3 is 28.5 Å². The molecule has 0 saturated heterocycles. The largest absolute Gasteiger partial charge is 0.477 e. The maximum Gasteiger partial charge on any atom is 0.361 e. The summed E-state index contributed by atoms with van der Waals surface area (Å²) in [5.41, 5.74) is 0. The second-order valence-corrected chi connectivity index (χ2v) is 14.9. The Morgan fingerprint density at radius 2 is 1.10 bits per heavy atom. The van der Waals surface area contributed by atoms with Crippen molar-refractivity contribution in [3.05, 3.63) is 36.5 Å². The van der Waals surface area contributed by atoms with Gasteiger partial charge in [-0.25, -0.2) is 4.79 Å². The number of carboxylic acids is 1. The lowest BCUT2D eigenvalue weighted by Crippen LogP contribution is -2.40. The molecule has 0 bridgehead atoms. The molecule has 302 valence electrons. The molecule has 1 N–H and O–H groups in total. The number of hydrogen-bond acceptors (Lipinski definition) is 7. The number of carbonyl (C=O) groups excluding carboxylic acids is 2. The van der Waals surface area contributed by atoms with Gasteiger partial charge in [-0.2, -0.15) is 0 Å². The molecule has 0 aliphatic heterocycles. The molecule has 0 radical (unpaired) electrons. The summed E-state index contributed by atoms with van der Waals surface area (Å²) in [6, 6.07) is 0. The predicted molar refractivity (Wildman–Crippen MR) is 212 cm³/mol. The van der Waals surface area contributed by atoms with E-state index in [2.05, 4.69) is 50.3 Å². The monoisotopic (exact) mass is 737 g/mol. The first kappa shape index (κ1) is 49.5. The van der Waals surface area contributed by atoms with Crippen LogP contribution in [0.5, 0.6) is 0 Å². The Hall–Kier alpha value is -2.49. The summed E-state index contributed by atoms with van der Waals surface area (Å²) in [6.45, 7) is 4.72. The number of allylic oxidation sites excluding steroid dienone is 6. The molecular formula is C43H78NO8+. The predicted octanol–water partition coefficient (Wildman–Crippen LogP) is 10.3. The molecule has 0 aromatic carbocycles. The Balaban J connectivity index is 4.52. The van der Waals surface area contributed by atoms with Crippen molar-refractivity contribution in [1.82, 2.24) is 0 Å². The summed E-state index contributed by atoms with van der Waals surface area (Å²) < 4.78 is 22.6. The van der Waals surface area contributed by atoms with E-state index in [0.717, 1.165) is 70.6 Å². The molecule has 0 aromatic rings. The molecule has 0 spiro atoms. The molecule has 0 aliphatic rings. The summed E-state index contributed by atoms with van der Waals surface area (Å²) in [4.78, 5) is 37.0. The molecular weight excluding hydrogens is 658 g/mol. The van der Waals surface area contributed by atoms with Crippen molar-refractivity contribution in [2.75, 3.05) is 47.5 Å². The standard InChI is InChI=1S/C43H77NO8/c1-6-8-10-12-14-16-18-20-21-22-24-26-28-30-32-34-41(46)52-39(38-51-43(42(47)48)49-36-35-44(3,4)5)37-50-40(45)33-31-29-27-25-23-19-17-15-13-11-9-7-2/h8,10,14,16,20-21,39,43H,6-7,9,11-13,15,17-19,22-38H2,1-5H3/p+1/b10-8-,16-14-,21-20-. The van der Waals surface area contributed by atoms with Gasteiger partial charge in [-0.1, -0.05) is 140 Å². The smallest absolute Gasteiger partial charge is 0.361 e. The van der Waals surface area contributed by atoms with Crippen molar-refractivity contribution in [1.29, 1.82) is 0 Å². The summed E-state index contributed by atoms with van der Waals surface area (Å²) >= 11 is 0. The van der Waals surface area contributed by atoms with Crippen LogP contribution in [0.25, 0.3) is 0 Å². The fourth-order valence-corrected chi connectivity index (χ4v) is 5.44. The molecule has 9 heteroatoms. The van der Waals surface area contributed by atoms with Gasteiger partial charge in [0.25, 0.3) is 6.29 Å². The lowest BCUT2D eigenvalue weighted by Gasteiger charge is -2.25. The summed E-state index contributed by atoms with van der Waals surface area (Å²) in [6.07, 6.45) is 34.8. The van der Waals surface area contributed by atoms with Gasteiger partial charge in [-0.15, -0.1) is 0 Å². The number of carbonyl (C=O) groups is 3. The zero-order valence-corrected chi connectivity index (χ0v) is 34.0. The molecule has 0 aliphatic carbocycles. The number of quaternary nitrogens is 1. The van der Waals surface area contributed by atoms with Crippen molar-refractivity contribution >= 4 is 17.9 Å². The highest BCUT2D eigenvalue weighted by Crippen LogP contribution is 2.14. The number of esters is 2. The summed E-state index contributed by atoms with van der Waals surface area (Å²) in [5.74, 6) is -2.03. The Kier molecular flexibility index (Phi) is 33.8. The maximum atomic E-state index is 12.7. The van der Waals surface area contributed by atoms with Crippen LogP contribution in [0, 0.1) is 0 Å². The quantitative estimate of drug-likeness (QED) is 0.0221. The van der Waals surface area contributed by atoms with Crippen molar-refractivity contribution in [3.8, 4) is 0 Å².